The van der Waals surface area contributed by atoms with E-state index in [2.05, 4.69) is 15.5 Å². The maximum atomic E-state index is 14.0. The van der Waals surface area contributed by atoms with Crippen LogP contribution in [0.4, 0.5) is 0 Å². The second kappa shape index (κ2) is 14.8. The summed E-state index contributed by atoms with van der Waals surface area (Å²) in [6.45, 7) is 2.62. The van der Waals surface area contributed by atoms with E-state index in [-0.39, 0.29) is 24.1 Å². The van der Waals surface area contributed by atoms with Crippen LogP contribution in [0, 0.1) is 0 Å². The molecule has 0 spiro atoms. The molecule has 0 aliphatic carbocycles. The van der Waals surface area contributed by atoms with E-state index in [1.807, 2.05) is 82.9 Å². The van der Waals surface area contributed by atoms with Crippen LogP contribution in [-0.4, -0.2) is 63.9 Å². The van der Waals surface area contributed by atoms with Crippen LogP contribution in [0.1, 0.15) is 45.3 Å². The molecule has 1 N–H and O–H groups in total. The second-order valence-electron chi connectivity index (χ2n) is 10.2. The van der Waals surface area contributed by atoms with Crippen molar-refractivity contribution >= 4 is 52.0 Å². The molecule has 11 nitrogen and oxygen atoms in total. The fraction of sp³-hybridized carbons (Fsp3) is 0.242. The number of rotatable bonds is 13. The Morgan fingerprint density at radius 3 is 2.49 bits per heavy atom. The Bertz CT molecular complexity index is 1860. The Morgan fingerprint density at radius 1 is 0.979 bits per heavy atom. The van der Waals surface area contributed by atoms with Crippen LogP contribution in [0.3, 0.4) is 0 Å². The van der Waals surface area contributed by atoms with E-state index in [1.54, 1.807) is 36.6 Å². The highest BCUT2D eigenvalue weighted by atomic mass is 32.2. The molecule has 14 heteroatoms. The summed E-state index contributed by atoms with van der Waals surface area (Å²) in [5.74, 6) is 2.04. The number of amides is 2. The summed E-state index contributed by atoms with van der Waals surface area (Å²) in [4.78, 5) is 28.3. The molecule has 242 valence electrons. The van der Waals surface area contributed by atoms with Crippen LogP contribution in [0.5, 0.6) is 17.2 Å². The first-order chi connectivity index (χ1) is 23.0. The summed E-state index contributed by atoms with van der Waals surface area (Å²) >= 11 is 4.20. The first kappa shape index (κ1) is 32.3. The van der Waals surface area contributed by atoms with E-state index in [1.165, 1.54) is 23.1 Å². The smallest absolute Gasteiger partial charge is 0.261 e. The molecule has 1 aliphatic rings. The van der Waals surface area contributed by atoms with E-state index in [4.69, 9.17) is 19.3 Å². The SMILES string of the molecule is CCOc1ccc(-n2c(CNC(=O)c3cccs3)nnc2SCC(=O)N2N=C(c3cccs3)C[C@H]2c2cccc(OC)c2OC)cc1. The summed E-state index contributed by atoms with van der Waals surface area (Å²) in [7, 11) is 3.18. The normalized spacial score (nSPS) is 14.1. The van der Waals surface area contributed by atoms with Gasteiger partial charge in [-0.25, -0.2) is 5.01 Å². The van der Waals surface area contributed by atoms with Crippen LogP contribution < -0.4 is 19.5 Å². The standard InChI is InChI=1S/C33H32N6O5S3/c1-4-44-22-14-12-21(13-15-22)38-29(19-34-32(41)28-11-7-17-46-28)35-36-33(38)47-20-30(40)39-25(18-24(37-39)27-10-6-16-45-27)23-8-5-9-26(42-2)31(23)43-3/h5-17,25H,4,18-20H2,1-3H3,(H,34,41)/t25-/m0/s1. The molecule has 0 unspecified atom stereocenters. The number of para-hydroxylation sites is 1. The van der Waals surface area contributed by atoms with Gasteiger partial charge in [0.05, 0.1) is 54.6 Å². The van der Waals surface area contributed by atoms with E-state index in [0.29, 0.717) is 40.4 Å². The van der Waals surface area contributed by atoms with Gasteiger partial charge in [0.15, 0.2) is 22.5 Å². The zero-order valence-electron chi connectivity index (χ0n) is 25.9. The fourth-order valence-corrected chi connectivity index (χ4v) is 7.41. The first-order valence-electron chi connectivity index (χ1n) is 14.8. The number of thiophene rings is 2. The number of nitrogens with one attached hydrogen (secondary N) is 1. The molecule has 2 amide bonds. The fourth-order valence-electron chi connectivity index (χ4n) is 5.22. The van der Waals surface area contributed by atoms with Crippen LogP contribution in [0.25, 0.3) is 5.69 Å². The molecular weight excluding hydrogens is 657 g/mol. The number of thioether (sulfide) groups is 1. The number of hydrazone groups is 1. The van der Waals surface area contributed by atoms with Crippen molar-refractivity contribution in [3.63, 3.8) is 0 Å². The summed E-state index contributed by atoms with van der Waals surface area (Å²) in [6.07, 6.45) is 0.525. The molecule has 0 radical (unpaired) electrons. The Kier molecular flexibility index (Phi) is 10.2. The molecule has 0 fully saturated rings. The van der Waals surface area contributed by atoms with Crippen molar-refractivity contribution in [2.45, 2.75) is 31.1 Å². The van der Waals surface area contributed by atoms with Gasteiger partial charge in [-0.05, 0) is 60.1 Å². The van der Waals surface area contributed by atoms with E-state index in [0.717, 1.165) is 27.6 Å². The third-order valence-electron chi connectivity index (χ3n) is 7.35. The van der Waals surface area contributed by atoms with Gasteiger partial charge in [-0.15, -0.1) is 32.9 Å². The third kappa shape index (κ3) is 7.04. The van der Waals surface area contributed by atoms with Crippen LogP contribution in [-0.2, 0) is 11.3 Å². The van der Waals surface area contributed by atoms with Crippen molar-refractivity contribution in [2.75, 3.05) is 26.6 Å². The lowest BCUT2D eigenvalue weighted by Gasteiger charge is -2.24. The van der Waals surface area contributed by atoms with Crippen LogP contribution in [0.15, 0.2) is 87.7 Å². The van der Waals surface area contributed by atoms with E-state index >= 15 is 0 Å². The highest BCUT2D eigenvalue weighted by Gasteiger charge is 2.36. The molecule has 6 rings (SSSR count). The summed E-state index contributed by atoms with van der Waals surface area (Å²) < 4.78 is 18.8. The molecule has 47 heavy (non-hydrogen) atoms. The van der Waals surface area contributed by atoms with Gasteiger partial charge in [-0.1, -0.05) is 36.0 Å². The molecule has 3 aromatic heterocycles. The van der Waals surface area contributed by atoms with Gasteiger partial charge in [0.1, 0.15) is 5.75 Å². The first-order valence-corrected chi connectivity index (χ1v) is 17.5. The molecule has 5 aromatic rings. The number of hydrogen-bond donors (Lipinski definition) is 1. The highest BCUT2D eigenvalue weighted by Crippen LogP contribution is 2.42. The molecule has 1 atom stereocenters. The number of hydrogen-bond acceptors (Lipinski definition) is 11. The Labute approximate surface area is 284 Å². The summed E-state index contributed by atoms with van der Waals surface area (Å²) in [6, 6.07) is 20.4. The third-order valence-corrected chi connectivity index (χ3v) is 10.0. The number of ether oxygens (including phenoxy) is 3. The Hall–Kier alpha value is -4.66. The van der Waals surface area contributed by atoms with Gasteiger partial charge in [-0.3, -0.25) is 14.2 Å². The van der Waals surface area contributed by atoms with Crippen LogP contribution in [0.2, 0.25) is 0 Å². The number of methoxy groups -OCH3 is 2. The lowest BCUT2D eigenvalue weighted by molar-refractivity contribution is -0.130. The minimum absolute atomic E-state index is 0.0424. The number of aromatic nitrogens is 3. The van der Waals surface area contributed by atoms with Gasteiger partial charge < -0.3 is 19.5 Å². The van der Waals surface area contributed by atoms with Crippen molar-refractivity contribution in [1.82, 2.24) is 25.1 Å². The summed E-state index contributed by atoms with van der Waals surface area (Å²) in [5.41, 5.74) is 2.41. The molecule has 4 heterocycles. The predicted molar refractivity (Wildman–Crippen MR) is 183 cm³/mol. The van der Waals surface area contributed by atoms with Crippen molar-refractivity contribution in [3.05, 3.63) is 98.6 Å². The predicted octanol–water partition coefficient (Wildman–Crippen LogP) is 6.21. The number of nitrogens with zero attached hydrogens (tertiary/aromatic N) is 5. The maximum absolute atomic E-state index is 14.0. The van der Waals surface area contributed by atoms with Crippen molar-refractivity contribution in [3.8, 4) is 22.9 Å². The van der Waals surface area contributed by atoms with Gasteiger partial charge in [0.25, 0.3) is 11.8 Å². The molecular formula is C33H32N6O5S3. The molecule has 0 saturated carbocycles. The van der Waals surface area contributed by atoms with Crippen molar-refractivity contribution in [2.24, 2.45) is 5.10 Å². The van der Waals surface area contributed by atoms with Gasteiger partial charge in [-0.2, -0.15) is 5.10 Å². The Morgan fingerprint density at radius 2 is 1.79 bits per heavy atom. The molecule has 0 saturated heterocycles. The lowest BCUT2D eigenvalue weighted by Crippen LogP contribution is -2.29. The van der Waals surface area contributed by atoms with Crippen molar-refractivity contribution < 1.29 is 23.8 Å². The van der Waals surface area contributed by atoms with E-state index in [9.17, 15) is 9.59 Å². The van der Waals surface area contributed by atoms with Crippen LogP contribution >= 0.6 is 34.4 Å². The minimum Gasteiger partial charge on any atom is -0.494 e. The highest BCUT2D eigenvalue weighted by molar-refractivity contribution is 7.99. The number of carbonyl (C=O) groups excluding carboxylic acids is 2. The summed E-state index contributed by atoms with van der Waals surface area (Å²) in [5, 5.41) is 22.5. The van der Waals surface area contributed by atoms with Gasteiger partial charge in [0, 0.05) is 17.7 Å². The second-order valence-corrected chi connectivity index (χ2v) is 13.0. The number of benzene rings is 2. The quantitative estimate of drug-likeness (QED) is 0.145. The Balaban J connectivity index is 1.27. The minimum atomic E-state index is -0.391. The average molecular weight is 689 g/mol. The van der Waals surface area contributed by atoms with Gasteiger partial charge in [0.2, 0.25) is 0 Å². The average Bonchev–Trinajstić information content (AvgIpc) is 3.93. The zero-order valence-corrected chi connectivity index (χ0v) is 28.4. The monoisotopic (exact) mass is 688 g/mol. The van der Waals surface area contributed by atoms with Crippen molar-refractivity contribution in [1.29, 1.82) is 0 Å². The van der Waals surface area contributed by atoms with E-state index < -0.39 is 6.04 Å². The molecule has 0 bridgehead atoms. The maximum Gasteiger partial charge on any atom is 0.261 e. The molecule has 2 aromatic carbocycles. The zero-order chi connectivity index (χ0) is 32.8. The lowest BCUT2D eigenvalue weighted by atomic mass is 9.99. The topological polar surface area (TPSA) is 120 Å². The largest absolute Gasteiger partial charge is 0.494 e. The van der Waals surface area contributed by atoms with Gasteiger partial charge >= 0.3 is 0 Å². The molecule has 1 aliphatic heterocycles. The number of carbonyl (C=O) groups is 2.